The van der Waals surface area contributed by atoms with Crippen LogP contribution in [0.15, 0.2) is 12.1 Å². The number of halogens is 1. The number of Topliss-reactive ketones (excluding diaryl/α,β-unsaturated/α-hetero) is 1. The molecule has 4 atom stereocenters. The van der Waals surface area contributed by atoms with E-state index in [9.17, 15) is 15.0 Å². The van der Waals surface area contributed by atoms with Gasteiger partial charge in [-0.3, -0.25) is 9.69 Å². The maximum atomic E-state index is 12.7. The average molecular weight is 413 g/mol. The van der Waals surface area contributed by atoms with Crippen LogP contribution in [0.4, 0.5) is 0 Å². The van der Waals surface area contributed by atoms with E-state index in [0.29, 0.717) is 18.6 Å². The van der Waals surface area contributed by atoms with Gasteiger partial charge >= 0.3 is 0 Å². The lowest BCUT2D eigenvalue weighted by Gasteiger charge is -2.62. The minimum atomic E-state index is -0.940. The number of nitrogens with zero attached hydrogens (tertiary/aromatic N) is 1. The number of aliphatic hydroxyl groups is 1. The zero-order valence-electron chi connectivity index (χ0n) is 15.6. The van der Waals surface area contributed by atoms with Crippen LogP contribution in [0.5, 0.6) is 11.5 Å². The van der Waals surface area contributed by atoms with Gasteiger partial charge in [0.1, 0.15) is 0 Å². The lowest BCUT2D eigenvalue weighted by Crippen LogP contribution is -3.00. The molecule has 28 heavy (non-hydrogen) atoms. The standard InChI is InChI=1S/C20H23NO4.ClH.2H2O/c22-13-4-3-12-9-15-20(24)6-5-14(23)18-19(20,16(12)17(13)25-18)7-8-21(15)10-11-1-2-11;;;/h3-4,11,15,18,22,24H,1-2,5-10H2;1H;2*1H2/p-1/t15-,18+,19+,20-;;;/m1.../s1. The van der Waals surface area contributed by atoms with Crippen molar-refractivity contribution in [2.24, 2.45) is 5.92 Å². The van der Waals surface area contributed by atoms with Crippen LogP contribution in [-0.4, -0.2) is 62.7 Å². The van der Waals surface area contributed by atoms with Crippen molar-refractivity contribution in [3.05, 3.63) is 23.3 Å². The number of likely N-dealkylation sites (tertiary alicyclic amines) is 1. The number of ketones is 1. The van der Waals surface area contributed by atoms with Gasteiger partial charge in [0.15, 0.2) is 23.4 Å². The number of rotatable bonds is 2. The molecule has 3 fully saturated rings. The Bertz CT molecular complexity index is 814. The molecule has 2 aliphatic heterocycles. The topological polar surface area (TPSA) is 133 Å². The van der Waals surface area contributed by atoms with Crippen molar-refractivity contribution < 1.29 is 43.1 Å². The van der Waals surface area contributed by atoms with Gasteiger partial charge in [-0.2, -0.15) is 0 Å². The first-order chi connectivity index (χ1) is 12.0. The third-order valence-electron chi connectivity index (χ3n) is 7.56. The monoisotopic (exact) mass is 412 g/mol. The molecule has 2 heterocycles. The molecule has 2 bridgehead atoms. The SMILES string of the molecule is O.O.O=C1CC[C@@]2(O)[C@H]3Cc4ccc(O)c5c4[C@@]2(CCN3CC2CC2)[C@H]1O5.[Cl-]. The Morgan fingerprint density at radius 2 is 1.96 bits per heavy atom. The van der Waals surface area contributed by atoms with Crippen molar-refractivity contribution >= 4 is 5.78 Å². The molecule has 1 saturated heterocycles. The van der Waals surface area contributed by atoms with Crippen LogP contribution in [0.2, 0.25) is 0 Å². The van der Waals surface area contributed by atoms with E-state index in [4.69, 9.17) is 4.74 Å². The summed E-state index contributed by atoms with van der Waals surface area (Å²) in [7, 11) is 0. The number of hydrogen-bond acceptors (Lipinski definition) is 5. The number of aromatic hydroxyl groups is 1. The summed E-state index contributed by atoms with van der Waals surface area (Å²) >= 11 is 0. The zero-order valence-corrected chi connectivity index (χ0v) is 16.3. The zero-order chi connectivity index (χ0) is 17.0. The highest BCUT2D eigenvalue weighted by atomic mass is 35.5. The summed E-state index contributed by atoms with van der Waals surface area (Å²) in [6, 6.07) is 3.69. The molecule has 6 N–H and O–H groups in total. The van der Waals surface area contributed by atoms with Crippen molar-refractivity contribution in [3.8, 4) is 11.5 Å². The predicted molar refractivity (Wildman–Crippen MR) is 97.0 cm³/mol. The van der Waals surface area contributed by atoms with Gasteiger partial charge in [0.05, 0.1) is 11.0 Å². The van der Waals surface area contributed by atoms with E-state index in [1.807, 2.05) is 6.07 Å². The van der Waals surface area contributed by atoms with Crippen molar-refractivity contribution in [1.82, 2.24) is 4.90 Å². The normalized spacial score (nSPS) is 37.0. The fraction of sp³-hybridized carbons (Fsp3) is 0.650. The highest BCUT2D eigenvalue weighted by molar-refractivity contribution is 5.90. The Hall–Kier alpha value is -1.38. The molecule has 0 radical (unpaired) electrons. The first-order valence-electron chi connectivity index (χ1n) is 9.56. The van der Waals surface area contributed by atoms with Crippen LogP contribution in [0.1, 0.15) is 43.2 Å². The van der Waals surface area contributed by atoms with Crippen LogP contribution in [0.25, 0.3) is 0 Å². The molecular weight excluding hydrogens is 386 g/mol. The van der Waals surface area contributed by atoms with Crippen molar-refractivity contribution in [2.45, 2.75) is 61.7 Å². The van der Waals surface area contributed by atoms with Gasteiger partial charge in [-0.05, 0) is 56.2 Å². The van der Waals surface area contributed by atoms with Gasteiger partial charge in [0.2, 0.25) is 0 Å². The van der Waals surface area contributed by atoms with E-state index in [1.54, 1.807) is 6.07 Å². The lowest BCUT2D eigenvalue weighted by atomic mass is 9.49. The maximum Gasteiger partial charge on any atom is 0.174 e. The summed E-state index contributed by atoms with van der Waals surface area (Å²) < 4.78 is 6.04. The van der Waals surface area contributed by atoms with E-state index in [0.717, 1.165) is 43.0 Å². The summed E-state index contributed by atoms with van der Waals surface area (Å²) in [5.41, 5.74) is 0.454. The third-order valence-corrected chi connectivity index (χ3v) is 7.56. The number of phenolic OH excluding ortho intramolecular Hbond substituents is 1. The second kappa shape index (κ2) is 6.57. The fourth-order valence-electron chi connectivity index (χ4n) is 6.26. The summed E-state index contributed by atoms with van der Waals surface area (Å²) in [5.74, 6) is 1.39. The Morgan fingerprint density at radius 1 is 1.21 bits per heavy atom. The van der Waals surface area contributed by atoms with Gasteiger partial charge in [0, 0.05) is 24.6 Å². The first-order valence-corrected chi connectivity index (χ1v) is 9.56. The Balaban J connectivity index is 0.000000750. The summed E-state index contributed by atoms with van der Waals surface area (Å²) in [6.07, 6.45) is 4.33. The van der Waals surface area contributed by atoms with Gasteiger partial charge in [-0.15, -0.1) is 0 Å². The molecular formula is C20H27ClNO6-. The molecule has 0 aromatic heterocycles. The van der Waals surface area contributed by atoms with Crippen LogP contribution in [-0.2, 0) is 16.6 Å². The van der Waals surface area contributed by atoms with Gasteiger partial charge < -0.3 is 38.3 Å². The Kier molecular flexibility index (Phi) is 5.00. The van der Waals surface area contributed by atoms with E-state index >= 15 is 0 Å². The molecule has 0 amide bonds. The van der Waals surface area contributed by atoms with Crippen LogP contribution >= 0.6 is 0 Å². The van der Waals surface area contributed by atoms with Gasteiger partial charge in [0.25, 0.3) is 0 Å². The fourth-order valence-corrected chi connectivity index (χ4v) is 6.26. The third kappa shape index (κ3) is 2.28. The van der Waals surface area contributed by atoms with E-state index in [2.05, 4.69) is 4.90 Å². The van der Waals surface area contributed by atoms with E-state index < -0.39 is 17.1 Å². The van der Waals surface area contributed by atoms with Gasteiger partial charge in [-0.1, -0.05) is 6.07 Å². The van der Waals surface area contributed by atoms with Crippen LogP contribution in [0, 0.1) is 5.92 Å². The quantitative estimate of drug-likeness (QED) is 0.530. The van der Waals surface area contributed by atoms with Crippen molar-refractivity contribution in [2.75, 3.05) is 13.1 Å². The predicted octanol–water partition coefficient (Wildman–Crippen LogP) is -3.12. The van der Waals surface area contributed by atoms with E-state index in [-0.39, 0.29) is 40.9 Å². The first kappa shape index (κ1) is 21.3. The molecule has 8 heteroatoms. The average Bonchev–Trinajstić information content (AvgIpc) is 3.32. The highest BCUT2D eigenvalue weighted by Gasteiger charge is 2.73. The molecule has 1 aromatic carbocycles. The Labute approximate surface area is 169 Å². The molecule has 156 valence electrons. The molecule has 0 unspecified atom stereocenters. The molecule has 1 aromatic rings. The number of benzene rings is 1. The van der Waals surface area contributed by atoms with Crippen LogP contribution in [0.3, 0.4) is 0 Å². The number of ether oxygens (including phenoxy) is 1. The second-order valence-corrected chi connectivity index (χ2v) is 8.72. The maximum absolute atomic E-state index is 12.7. The molecule has 3 aliphatic carbocycles. The highest BCUT2D eigenvalue weighted by Crippen LogP contribution is 2.64. The summed E-state index contributed by atoms with van der Waals surface area (Å²) in [5, 5.41) is 22.3. The van der Waals surface area contributed by atoms with Crippen LogP contribution < -0.4 is 17.1 Å². The minimum Gasteiger partial charge on any atom is -1.00 e. The number of phenols is 1. The minimum absolute atomic E-state index is 0. The molecule has 7 nitrogen and oxygen atoms in total. The van der Waals surface area contributed by atoms with E-state index in [1.165, 1.54) is 12.8 Å². The smallest absolute Gasteiger partial charge is 0.174 e. The number of carbonyl (C=O) groups excluding carboxylic acids is 1. The van der Waals surface area contributed by atoms with Crippen molar-refractivity contribution in [1.29, 1.82) is 0 Å². The summed E-state index contributed by atoms with van der Waals surface area (Å²) in [6.45, 7) is 1.95. The molecule has 5 aliphatic rings. The summed E-state index contributed by atoms with van der Waals surface area (Å²) in [4.78, 5) is 15.2. The number of piperidine rings is 1. The number of carbonyl (C=O) groups is 1. The van der Waals surface area contributed by atoms with Crippen molar-refractivity contribution in [3.63, 3.8) is 0 Å². The molecule has 6 rings (SSSR count). The number of hydrogen-bond donors (Lipinski definition) is 2. The largest absolute Gasteiger partial charge is 1.00 e. The Morgan fingerprint density at radius 3 is 2.68 bits per heavy atom. The lowest BCUT2D eigenvalue weighted by molar-refractivity contribution is -0.188. The molecule has 1 spiro atoms. The van der Waals surface area contributed by atoms with Gasteiger partial charge in [-0.25, -0.2) is 0 Å². The second-order valence-electron chi connectivity index (χ2n) is 8.72. The molecule has 2 saturated carbocycles.